The third kappa shape index (κ3) is 1.97. The Balaban J connectivity index is 1.61. The van der Waals surface area contributed by atoms with E-state index >= 15 is 0 Å². The number of hydrogen-bond donors (Lipinski definition) is 2. The zero-order valence-corrected chi connectivity index (χ0v) is 12.3. The number of nitrogens with zero attached hydrogens (tertiary/aromatic N) is 1. The standard InChI is InChI=1S/C17H19N3O/c1-9(2)11-5-3-4-6-14(11)18-17(21)16-13-8-10-7-12(10)15(13)19-20-16/h3-6,9-10,12H,7-8H2,1-2H3,(H,18,21)(H,19,20)/t10-,12-/m1/s1. The first-order valence-corrected chi connectivity index (χ1v) is 7.62. The molecule has 4 nitrogen and oxygen atoms in total. The van der Waals surface area contributed by atoms with Gasteiger partial charge in [-0.3, -0.25) is 9.89 Å². The van der Waals surface area contributed by atoms with Crippen LogP contribution in [-0.2, 0) is 6.42 Å². The summed E-state index contributed by atoms with van der Waals surface area (Å²) in [5, 5.41) is 10.4. The van der Waals surface area contributed by atoms with Crippen LogP contribution in [0, 0.1) is 5.92 Å². The lowest BCUT2D eigenvalue weighted by Crippen LogP contribution is -2.16. The van der Waals surface area contributed by atoms with Crippen molar-refractivity contribution in [3.05, 3.63) is 46.8 Å². The molecule has 1 saturated carbocycles. The quantitative estimate of drug-likeness (QED) is 0.905. The number of aromatic nitrogens is 2. The largest absolute Gasteiger partial charge is 0.320 e. The Bertz CT molecular complexity index is 717. The zero-order valence-electron chi connectivity index (χ0n) is 12.3. The maximum absolute atomic E-state index is 12.5. The van der Waals surface area contributed by atoms with Gasteiger partial charge in [-0.25, -0.2) is 0 Å². The molecule has 1 aromatic heterocycles. The third-order valence-corrected chi connectivity index (χ3v) is 4.70. The fourth-order valence-corrected chi connectivity index (χ4v) is 3.46. The van der Waals surface area contributed by atoms with Gasteiger partial charge in [0.15, 0.2) is 5.69 Å². The third-order valence-electron chi connectivity index (χ3n) is 4.70. The van der Waals surface area contributed by atoms with Gasteiger partial charge in [0.25, 0.3) is 5.91 Å². The molecule has 0 aliphatic heterocycles. The maximum atomic E-state index is 12.5. The molecule has 1 fully saturated rings. The predicted molar refractivity (Wildman–Crippen MR) is 81.6 cm³/mol. The molecule has 2 aromatic rings. The summed E-state index contributed by atoms with van der Waals surface area (Å²) >= 11 is 0. The Kier molecular flexibility index (Phi) is 2.67. The van der Waals surface area contributed by atoms with Crippen molar-refractivity contribution in [1.29, 1.82) is 0 Å². The van der Waals surface area contributed by atoms with Crippen LogP contribution in [0.4, 0.5) is 5.69 Å². The molecule has 0 unspecified atom stereocenters. The number of hydrogen-bond acceptors (Lipinski definition) is 2. The summed E-state index contributed by atoms with van der Waals surface area (Å²) in [5.74, 6) is 1.67. The lowest BCUT2D eigenvalue weighted by Gasteiger charge is -2.13. The SMILES string of the molecule is CC(C)c1ccccc1NC(=O)c1n[nH]c2c1C[C@H]1C[C@@H]21. The molecule has 0 saturated heterocycles. The molecule has 1 amide bonds. The first-order chi connectivity index (χ1) is 10.1. The van der Waals surface area contributed by atoms with E-state index in [1.165, 1.54) is 12.1 Å². The van der Waals surface area contributed by atoms with Crippen molar-refractivity contribution in [3.63, 3.8) is 0 Å². The van der Waals surface area contributed by atoms with E-state index in [9.17, 15) is 4.79 Å². The van der Waals surface area contributed by atoms with Crippen LogP contribution in [0.1, 0.15) is 59.4 Å². The molecular weight excluding hydrogens is 262 g/mol. The number of rotatable bonds is 3. The van der Waals surface area contributed by atoms with Crippen molar-refractivity contribution < 1.29 is 4.79 Å². The van der Waals surface area contributed by atoms with Gasteiger partial charge in [-0.1, -0.05) is 32.0 Å². The Hall–Kier alpha value is -2.10. The van der Waals surface area contributed by atoms with Crippen LogP contribution in [0.15, 0.2) is 24.3 Å². The summed E-state index contributed by atoms with van der Waals surface area (Å²) in [4.78, 5) is 12.5. The highest BCUT2D eigenvalue weighted by molar-refractivity contribution is 6.04. The van der Waals surface area contributed by atoms with E-state index in [0.29, 0.717) is 17.5 Å². The van der Waals surface area contributed by atoms with Gasteiger partial charge < -0.3 is 5.32 Å². The van der Waals surface area contributed by atoms with Crippen molar-refractivity contribution in [2.24, 2.45) is 5.92 Å². The Morgan fingerprint density at radius 1 is 1.38 bits per heavy atom. The molecular formula is C17H19N3O. The second-order valence-electron chi connectivity index (χ2n) is 6.47. The summed E-state index contributed by atoms with van der Waals surface area (Å²) in [6.45, 7) is 4.26. The number of nitrogens with one attached hydrogen (secondary N) is 2. The molecule has 2 aliphatic rings. The monoisotopic (exact) mass is 281 g/mol. The molecule has 21 heavy (non-hydrogen) atoms. The first-order valence-electron chi connectivity index (χ1n) is 7.62. The minimum Gasteiger partial charge on any atom is -0.320 e. The number of carbonyl (C=O) groups is 1. The normalized spacial score (nSPS) is 22.0. The van der Waals surface area contributed by atoms with Gasteiger partial charge in [0.05, 0.1) is 0 Å². The zero-order chi connectivity index (χ0) is 14.6. The Morgan fingerprint density at radius 3 is 3.00 bits per heavy atom. The lowest BCUT2D eigenvalue weighted by atomic mass is 10.0. The van der Waals surface area contributed by atoms with Crippen LogP contribution >= 0.6 is 0 Å². The number of aromatic amines is 1. The highest BCUT2D eigenvalue weighted by atomic mass is 16.1. The number of para-hydroxylation sites is 1. The van der Waals surface area contributed by atoms with Gasteiger partial charge in [-0.15, -0.1) is 0 Å². The first kappa shape index (κ1) is 12.6. The van der Waals surface area contributed by atoms with Gasteiger partial charge in [0.2, 0.25) is 0 Å². The molecule has 2 N–H and O–H groups in total. The van der Waals surface area contributed by atoms with E-state index in [4.69, 9.17) is 0 Å². The average molecular weight is 281 g/mol. The summed E-state index contributed by atoms with van der Waals surface area (Å²) in [6, 6.07) is 7.97. The molecule has 1 heterocycles. The van der Waals surface area contributed by atoms with Gasteiger partial charge in [0, 0.05) is 22.9 Å². The minimum atomic E-state index is -0.0955. The number of benzene rings is 1. The number of fused-ring (bicyclic) bond motifs is 3. The van der Waals surface area contributed by atoms with Crippen molar-refractivity contribution >= 4 is 11.6 Å². The molecule has 0 bridgehead atoms. The summed E-state index contributed by atoms with van der Waals surface area (Å²) < 4.78 is 0. The molecule has 4 heteroatoms. The van der Waals surface area contributed by atoms with Crippen LogP contribution in [0.5, 0.6) is 0 Å². The summed E-state index contributed by atoms with van der Waals surface area (Å²) in [6.07, 6.45) is 2.26. The molecule has 2 aliphatic carbocycles. The number of amides is 1. The highest BCUT2D eigenvalue weighted by Gasteiger charge is 2.48. The smallest absolute Gasteiger partial charge is 0.276 e. The molecule has 0 spiro atoms. The van der Waals surface area contributed by atoms with E-state index in [1.54, 1.807) is 0 Å². The molecule has 0 radical (unpaired) electrons. The average Bonchev–Trinajstić information content (AvgIpc) is 2.94. The molecule has 108 valence electrons. The van der Waals surface area contributed by atoms with Crippen LogP contribution in [0.2, 0.25) is 0 Å². The maximum Gasteiger partial charge on any atom is 0.276 e. The van der Waals surface area contributed by atoms with Crippen molar-refractivity contribution in [2.75, 3.05) is 5.32 Å². The fraction of sp³-hybridized carbons (Fsp3) is 0.412. The lowest BCUT2D eigenvalue weighted by molar-refractivity contribution is 0.102. The number of anilines is 1. The van der Waals surface area contributed by atoms with Gasteiger partial charge in [-0.2, -0.15) is 5.10 Å². The van der Waals surface area contributed by atoms with E-state index < -0.39 is 0 Å². The summed E-state index contributed by atoms with van der Waals surface area (Å²) in [7, 11) is 0. The van der Waals surface area contributed by atoms with Gasteiger partial charge in [-0.05, 0) is 36.3 Å². The predicted octanol–water partition coefficient (Wildman–Crippen LogP) is 3.45. The van der Waals surface area contributed by atoms with Crippen LogP contribution in [-0.4, -0.2) is 16.1 Å². The minimum absolute atomic E-state index is 0.0955. The number of H-pyrrole nitrogens is 1. The van der Waals surface area contributed by atoms with Crippen molar-refractivity contribution in [1.82, 2.24) is 10.2 Å². The van der Waals surface area contributed by atoms with Crippen molar-refractivity contribution in [3.8, 4) is 0 Å². The van der Waals surface area contributed by atoms with E-state index in [1.807, 2.05) is 18.2 Å². The van der Waals surface area contributed by atoms with E-state index in [0.717, 1.165) is 29.2 Å². The summed E-state index contributed by atoms with van der Waals surface area (Å²) in [5.41, 5.74) is 4.95. The Morgan fingerprint density at radius 2 is 2.19 bits per heavy atom. The second-order valence-corrected chi connectivity index (χ2v) is 6.47. The van der Waals surface area contributed by atoms with Crippen molar-refractivity contribution in [2.45, 2.75) is 38.5 Å². The van der Waals surface area contributed by atoms with Crippen LogP contribution < -0.4 is 5.32 Å². The van der Waals surface area contributed by atoms with Gasteiger partial charge in [0.1, 0.15) is 0 Å². The van der Waals surface area contributed by atoms with E-state index in [-0.39, 0.29) is 5.91 Å². The van der Waals surface area contributed by atoms with E-state index in [2.05, 4.69) is 35.4 Å². The van der Waals surface area contributed by atoms with Crippen LogP contribution in [0.3, 0.4) is 0 Å². The number of carbonyl (C=O) groups excluding carboxylic acids is 1. The Labute approximate surface area is 124 Å². The highest BCUT2D eigenvalue weighted by Crippen LogP contribution is 2.56. The fourth-order valence-electron chi connectivity index (χ4n) is 3.46. The molecule has 4 rings (SSSR count). The van der Waals surface area contributed by atoms with Crippen LogP contribution in [0.25, 0.3) is 0 Å². The van der Waals surface area contributed by atoms with Gasteiger partial charge >= 0.3 is 0 Å². The molecule has 2 atom stereocenters. The topological polar surface area (TPSA) is 57.8 Å². The molecule has 1 aromatic carbocycles. The second kappa shape index (κ2) is 4.45.